The molecule has 2 rings (SSSR count). The molecule has 0 radical (unpaired) electrons. The van der Waals surface area contributed by atoms with Crippen LogP contribution < -0.4 is 4.18 Å². The van der Waals surface area contributed by atoms with Gasteiger partial charge in [0.2, 0.25) is 0 Å². The van der Waals surface area contributed by atoms with E-state index in [1.165, 1.54) is 12.1 Å². The summed E-state index contributed by atoms with van der Waals surface area (Å²) in [5.41, 5.74) is 1.00. The number of hydrogen-bond acceptors (Lipinski definition) is 3. The summed E-state index contributed by atoms with van der Waals surface area (Å²) < 4.78 is 28.8. The van der Waals surface area contributed by atoms with E-state index in [1.807, 2.05) is 6.92 Å². The highest BCUT2D eigenvalue weighted by atomic mass is 32.2. The van der Waals surface area contributed by atoms with Gasteiger partial charge in [-0.1, -0.05) is 35.9 Å². The Bertz CT molecular complexity index is 586. The van der Waals surface area contributed by atoms with E-state index in [1.54, 1.807) is 42.5 Å². The molecular weight excluding hydrogens is 236 g/mol. The van der Waals surface area contributed by atoms with Crippen LogP contribution in [0.15, 0.2) is 59.5 Å². The van der Waals surface area contributed by atoms with Crippen LogP contribution in [0.5, 0.6) is 5.75 Å². The molecule has 0 aliphatic carbocycles. The number of rotatable bonds is 3. The Hall–Kier alpha value is -1.81. The minimum Gasteiger partial charge on any atom is -0.379 e. The van der Waals surface area contributed by atoms with Gasteiger partial charge in [-0.05, 0) is 31.2 Å². The molecule has 0 saturated heterocycles. The van der Waals surface area contributed by atoms with E-state index in [2.05, 4.69) is 0 Å². The lowest BCUT2D eigenvalue weighted by molar-refractivity contribution is 0.486. The highest BCUT2D eigenvalue weighted by Crippen LogP contribution is 2.18. The molecule has 2 aromatic rings. The maximum absolute atomic E-state index is 11.9. The fraction of sp³-hybridized carbons (Fsp3) is 0.0769. The van der Waals surface area contributed by atoms with Gasteiger partial charge < -0.3 is 4.18 Å². The van der Waals surface area contributed by atoms with Crippen LogP contribution >= 0.6 is 0 Å². The summed E-state index contributed by atoms with van der Waals surface area (Å²) in [5, 5.41) is 0. The molecule has 0 unspecified atom stereocenters. The molecule has 0 atom stereocenters. The van der Waals surface area contributed by atoms with E-state index in [0.29, 0.717) is 5.75 Å². The number of para-hydroxylation sites is 1. The largest absolute Gasteiger partial charge is 0.379 e. The van der Waals surface area contributed by atoms with Crippen molar-refractivity contribution in [1.82, 2.24) is 0 Å². The third kappa shape index (κ3) is 2.85. The second-order valence-corrected chi connectivity index (χ2v) is 5.21. The Morgan fingerprint density at radius 3 is 2.06 bits per heavy atom. The quantitative estimate of drug-likeness (QED) is 0.784. The first-order valence-corrected chi connectivity index (χ1v) is 6.55. The SMILES string of the molecule is Cc1ccc(S(=O)(=O)Oc2ccccc2)cc1. The van der Waals surface area contributed by atoms with Crippen molar-refractivity contribution in [1.29, 1.82) is 0 Å². The third-order valence-electron chi connectivity index (χ3n) is 2.26. The lowest BCUT2D eigenvalue weighted by Gasteiger charge is -2.06. The molecule has 0 saturated carbocycles. The number of benzene rings is 2. The molecule has 0 amide bonds. The second-order valence-electron chi connectivity index (χ2n) is 3.66. The summed E-state index contributed by atoms with van der Waals surface area (Å²) >= 11 is 0. The van der Waals surface area contributed by atoms with Crippen molar-refractivity contribution < 1.29 is 12.6 Å². The van der Waals surface area contributed by atoms with Crippen LogP contribution in [-0.4, -0.2) is 8.42 Å². The van der Waals surface area contributed by atoms with E-state index >= 15 is 0 Å². The van der Waals surface area contributed by atoms with Crippen LogP contribution in [0.1, 0.15) is 5.56 Å². The van der Waals surface area contributed by atoms with Crippen LogP contribution in [0.3, 0.4) is 0 Å². The molecule has 0 heterocycles. The standard InChI is InChI=1S/C13H12O3S/c1-11-7-9-13(10-8-11)17(14,15)16-12-5-3-2-4-6-12/h2-10H,1H3. The lowest BCUT2D eigenvalue weighted by atomic mass is 10.2. The van der Waals surface area contributed by atoms with Crippen molar-refractivity contribution in [3.8, 4) is 5.75 Å². The van der Waals surface area contributed by atoms with E-state index in [4.69, 9.17) is 4.18 Å². The fourth-order valence-corrected chi connectivity index (χ4v) is 2.29. The maximum atomic E-state index is 11.9. The Morgan fingerprint density at radius 2 is 1.47 bits per heavy atom. The molecule has 0 spiro atoms. The highest BCUT2D eigenvalue weighted by molar-refractivity contribution is 7.87. The predicted octanol–water partition coefficient (Wildman–Crippen LogP) is 2.76. The third-order valence-corrected chi connectivity index (χ3v) is 3.52. The van der Waals surface area contributed by atoms with Crippen molar-refractivity contribution in [2.75, 3.05) is 0 Å². The summed E-state index contributed by atoms with van der Waals surface area (Å²) in [6.45, 7) is 1.90. The first-order valence-electron chi connectivity index (χ1n) is 5.14. The van der Waals surface area contributed by atoms with Crippen LogP contribution in [0, 0.1) is 6.92 Å². The summed E-state index contributed by atoms with van der Waals surface area (Å²) in [4.78, 5) is 0.159. The van der Waals surface area contributed by atoms with Gasteiger partial charge in [-0.15, -0.1) is 0 Å². The lowest BCUT2D eigenvalue weighted by Crippen LogP contribution is -2.09. The molecule has 3 nitrogen and oxygen atoms in total. The maximum Gasteiger partial charge on any atom is 0.339 e. The van der Waals surface area contributed by atoms with Gasteiger partial charge in [0.15, 0.2) is 0 Å². The van der Waals surface area contributed by atoms with Crippen LogP contribution in [0.4, 0.5) is 0 Å². The van der Waals surface area contributed by atoms with Crippen LogP contribution in [0.25, 0.3) is 0 Å². The minimum absolute atomic E-state index is 0.159. The van der Waals surface area contributed by atoms with Gasteiger partial charge in [0.1, 0.15) is 10.6 Å². The van der Waals surface area contributed by atoms with Gasteiger partial charge >= 0.3 is 10.1 Å². The molecular formula is C13H12O3S. The molecule has 4 heteroatoms. The second kappa shape index (κ2) is 4.59. The normalized spacial score (nSPS) is 11.1. The van der Waals surface area contributed by atoms with Gasteiger partial charge in [0.05, 0.1) is 0 Å². The average Bonchev–Trinajstić information content (AvgIpc) is 2.30. The summed E-state index contributed by atoms with van der Waals surface area (Å²) in [6.07, 6.45) is 0. The minimum atomic E-state index is -3.73. The van der Waals surface area contributed by atoms with Gasteiger partial charge in [-0.3, -0.25) is 0 Å². The number of aryl methyl sites for hydroxylation is 1. The average molecular weight is 248 g/mol. The molecule has 0 aliphatic rings. The van der Waals surface area contributed by atoms with Crippen molar-refractivity contribution in [3.63, 3.8) is 0 Å². The molecule has 0 fully saturated rings. The topological polar surface area (TPSA) is 43.4 Å². The summed E-state index contributed by atoms with van der Waals surface area (Å²) in [6, 6.07) is 15.0. The molecule has 0 aromatic heterocycles. The fourth-order valence-electron chi connectivity index (χ4n) is 1.36. The van der Waals surface area contributed by atoms with Crippen molar-refractivity contribution in [3.05, 3.63) is 60.2 Å². The van der Waals surface area contributed by atoms with Crippen molar-refractivity contribution in [2.45, 2.75) is 11.8 Å². The Balaban J connectivity index is 2.29. The zero-order chi connectivity index (χ0) is 12.3. The Kier molecular flexibility index (Phi) is 3.15. The Morgan fingerprint density at radius 1 is 0.882 bits per heavy atom. The van der Waals surface area contributed by atoms with Gasteiger partial charge in [0.25, 0.3) is 0 Å². The smallest absolute Gasteiger partial charge is 0.339 e. The first kappa shape index (κ1) is 11.7. The van der Waals surface area contributed by atoms with Crippen molar-refractivity contribution in [2.24, 2.45) is 0 Å². The molecule has 2 aromatic carbocycles. The monoisotopic (exact) mass is 248 g/mol. The molecule has 88 valence electrons. The van der Waals surface area contributed by atoms with Crippen molar-refractivity contribution >= 4 is 10.1 Å². The summed E-state index contributed by atoms with van der Waals surface area (Å²) in [7, 11) is -3.73. The summed E-state index contributed by atoms with van der Waals surface area (Å²) in [5.74, 6) is 0.313. The number of hydrogen-bond donors (Lipinski definition) is 0. The first-order chi connectivity index (χ1) is 8.08. The molecule has 0 N–H and O–H groups in total. The van der Waals surface area contributed by atoms with E-state index < -0.39 is 10.1 Å². The van der Waals surface area contributed by atoms with E-state index in [-0.39, 0.29) is 4.90 Å². The van der Waals surface area contributed by atoms with Gasteiger partial charge in [-0.25, -0.2) is 0 Å². The van der Waals surface area contributed by atoms with Gasteiger partial charge in [0, 0.05) is 0 Å². The van der Waals surface area contributed by atoms with E-state index in [9.17, 15) is 8.42 Å². The van der Waals surface area contributed by atoms with Crippen LogP contribution in [-0.2, 0) is 10.1 Å². The molecule has 0 bridgehead atoms. The van der Waals surface area contributed by atoms with Crippen LogP contribution in [0.2, 0.25) is 0 Å². The van der Waals surface area contributed by atoms with Gasteiger partial charge in [-0.2, -0.15) is 8.42 Å². The zero-order valence-corrected chi connectivity index (χ0v) is 10.1. The molecule has 0 aliphatic heterocycles. The zero-order valence-electron chi connectivity index (χ0n) is 9.33. The van der Waals surface area contributed by atoms with E-state index in [0.717, 1.165) is 5.56 Å². The molecule has 17 heavy (non-hydrogen) atoms. The highest BCUT2D eigenvalue weighted by Gasteiger charge is 2.15. The Labute approximate surface area is 101 Å². The predicted molar refractivity (Wildman–Crippen MR) is 65.4 cm³/mol.